The number of carbonyl (C=O) groups is 1. The molecule has 2 N–H and O–H groups in total. The zero-order valence-electron chi connectivity index (χ0n) is 9.91. The summed E-state index contributed by atoms with van der Waals surface area (Å²) in [7, 11) is 1.55. The van der Waals surface area contributed by atoms with Crippen molar-refractivity contribution in [2.75, 3.05) is 20.3 Å². The summed E-state index contributed by atoms with van der Waals surface area (Å²) in [6.45, 7) is 0.232. The Hall–Kier alpha value is -1.92. The SMILES string of the molecule is COCC(CO)n1cnc2ccc(C(=O)O)cc21. The minimum atomic E-state index is -0.989. The molecule has 1 aromatic heterocycles. The van der Waals surface area contributed by atoms with Gasteiger partial charge in [0.1, 0.15) is 0 Å². The summed E-state index contributed by atoms with van der Waals surface area (Å²) in [6.07, 6.45) is 1.58. The number of aliphatic hydroxyl groups excluding tert-OH is 1. The van der Waals surface area contributed by atoms with Gasteiger partial charge in [-0.05, 0) is 18.2 Å². The van der Waals surface area contributed by atoms with Crippen molar-refractivity contribution in [3.05, 3.63) is 30.1 Å². The summed E-state index contributed by atoms with van der Waals surface area (Å²) < 4.78 is 6.75. The summed E-state index contributed by atoms with van der Waals surface area (Å²) in [5, 5.41) is 18.3. The standard InChI is InChI=1S/C12H14N2O4/c1-18-6-9(5-15)14-7-13-10-3-2-8(12(16)17)4-11(10)14/h2-4,7,9,15H,5-6H2,1H3,(H,16,17). The van der Waals surface area contributed by atoms with Crippen molar-refractivity contribution < 1.29 is 19.7 Å². The van der Waals surface area contributed by atoms with Crippen LogP contribution >= 0.6 is 0 Å². The number of nitrogens with zero attached hydrogens (tertiary/aromatic N) is 2. The minimum absolute atomic E-state index is 0.101. The molecule has 1 aromatic carbocycles. The minimum Gasteiger partial charge on any atom is -0.478 e. The molecule has 0 aliphatic carbocycles. The van der Waals surface area contributed by atoms with Crippen LogP contribution in [0.4, 0.5) is 0 Å². The van der Waals surface area contributed by atoms with E-state index in [1.54, 1.807) is 30.1 Å². The Labute approximate surface area is 103 Å². The molecule has 0 radical (unpaired) electrons. The number of imidazole rings is 1. The molecule has 0 spiro atoms. The Kier molecular flexibility index (Phi) is 3.59. The lowest BCUT2D eigenvalue weighted by Gasteiger charge is -2.15. The number of benzene rings is 1. The first-order chi connectivity index (χ1) is 8.67. The highest BCUT2D eigenvalue weighted by Crippen LogP contribution is 2.19. The third-order valence-corrected chi connectivity index (χ3v) is 2.78. The number of carboxylic acid groups (broad SMARTS) is 1. The van der Waals surface area contributed by atoms with Gasteiger partial charge >= 0.3 is 5.97 Å². The average Bonchev–Trinajstić information content (AvgIpc) is 2.78. The quantitative estimate of drug-likeness (QED) is 0.824. The van der Waals surface area contributed by atoms with Crippen LogP contribution in [0.3, 0.4) is 0 Å². The Morgan fingerprint density at radius 2 is 2.33 bits per heavy atom. The van der Waals surface area contributed by atoms with Crippen LogP contribution in [0.5, 0.6) is 0 Å². The third-order valence-electron chi connectivity index (χ3n) is 2.78. The maximum atomic E-state index is 10.9. The van der Waals surface area contributed by atoms with Gasteiger partial charge in [-0.25, -0.2) is 9.78 Å². The Morgan fingerprint density at radius 1 is 1.56 bits per heavy atom. The topological polar surface area (TPSA) is 84.6 Å². The molecule has 0 bridgehead atoms. The number of aliphatic hydroxyl groups is 1. The van der Waals surface area contributed by atoms with Gasteiger partial charge in [0.05, 0.1) is 42.2 Å². The van der Waals surface area contributed by atoms with E-state index in [0.29, 0.717) is 17.6 Å². The predicted molar refractivity (Wildman–Crippen MR) is 64.7 cm³/mol. The number of aromatic nitrogens is 2. The van der Waals surface area contributed by atoms with E-state index in [1.807, 2.05) is 0 Å². The highest BCUT2D eigenvalue weighted by Gasteiger charge is 2.14. The highest BCUT2D eigenvalue weighted by atomic mass is 16.5. The summed E-state index contributed by atoms with van der Waals surface area (Å²) in [5.41, 5.74) is 1.55. The molecular weight excluding hydrogens is 236 g/mol. The van der Waals surface area contributed by atoms with Gasteiger partial charge in [0.15, 0.2) is 0 Å². The van der Waals surface area contributed by atoms with Gasteiger partial charge < -0.3 is 19.5 Å². The molecule has 2 aromatic rings. The van der Waals surface area contributed by atoms with Crippen LogP contribution in [-0.4, -0.2) is 46.1 Å². The van der Waals surface area contributed by atoms with Crippen LogP contribution in [-0.2, 0) is 4.74 Å². The van der Waals surface area contributed by atoms with E-state index in [1.165, 1.54) is 6.07 Å². The molecular formula is C12H14N2O4. The number of carboxylic acids is 1. The zero-order valence-corrected chi connectivity index (χ0v) is 9.91. The number of aromatic carboxylic acids is 1. The van der Waals surface area contributed by atoms with Crippen molar-refractivity contribution in [2.24, 2.45) is 0 Å². The van der Waals surface area contributed by atoms with E-state index < -0.39 is 5.97 Å². The molecule has 96 valence electrons. The molecule has 0 saturated heterocycles. The second kappa shape index (κ2) is 5.16. The van der Waals surface area contributed by atoms with Crippen molar-refractivity contribution in [1.82, 2.24) is 9.55 Å². The predicted octanol–water partition coefficient (Wildman–Crippen LogP) is 0.914. The van der Waals surface area contributed by atoms with E-state index in [-0.39, 0.29) is 18.2 Å². The van der Waals surface area contributed by atoms with Crippen molar-refractivity contribution >= 4 is 17.0 Å². The van der Waals surface area contributed by atoms with Crippen LogP contribution in [0.25, 0.3) is 11.0 Å². The van der Waals surface area contributed by atoms with Crippen LogP contribution in [0.15, 0.2) is 24.5 Å². The molecule has 1 heterocycles. The lowest BCUT2D eigenvalue weighted by atomic mass is 10.2. The smallest absolute Gasteiger partial charge is 0.335 e. The second-order valence-electron chi connectivity index (χ2n) is 3.95. The fourth-order valence-corrected chi connectivity index (χ4v) is 1.86. The van der Waals surface area contributed by atoms with Crippen molar-refractivity contribution in [2.45, 2.75) is 6.04 Å². The molecule has 0 saturated carbocycles. The third kappa shape index (κ3) is 2.20. The Bertz CT molecular complexity index is 564. The molecule has 1 atom stereocenters. The van der Waals surface area contributed by atoms with Crippen LogP contribution < -0.4 is 0 Å². The van der Waals surface area contributed by atoms with Crippen molar-refractivity contribution in [3.8, 4) is 0 Å². The van der Waals surface area contributed by atoms with E-state index in [0.717, 1.165) is 0 Å². The average molecular weight is 250 g/mol. The van der Waals surface area contributed by atoms with Gasteiger partial charge in [0.25, 0.3) is 0 Å². The largest absolute Gasteiger partial charge is 0.478 e. The van der Waals surface area contributed by atoms with Gasteiger partial charge in [-0.3, -0.25) is 0 Å². The number of ether oxygens (including phenoxy) is 1. The number of fused-ring (bicyclic) bond motifs is 1. The fourth-order valence-electron chi connectivity index (χ4n) is 1.86. The maximum absolute atomic E-state index is 10.9. The summed E-state index contributed by atoms with van der Waals surface area (Å²) in [6, 6.07) is 4.43. The Balaban J connectivity index is 2.50. The van der Waals surface area contributed by atoms with Crippen LogP contribution in [0.1, 0.15) is 16.4 Å². The summed E-state index contributed by atoms with van der Waals surface area (Å²) >= 11 is 0. The normalized spacial score (nSPS) is 12.8. The highest BCUT2D eigenvalue weighted by molar-refractivity contribution is 5.92. The number of hydrogen-bond acceptors (Lipinski definition) is 4. The van der Waals surface area contributed by atoms with Gasteiger partial charge in [-0.2, -0.15) is 0 Å². The molecule has 1 unspecified atom stereocenters. The molecule has 0 fully saturated rings. The first-order valence-electron chi connectivity index (χ1n) is 5.47. The van der Waals surface area contributed by atoms with Crippen LogP contribution in [0, 0.1) is 0 Å². The number of rotatable bonds is 5. The van der Waals surface area contributed by atoms with Gasteiger partial charge in [-0.1, -0.05) is 0 Å². The van der Waals surface area contributed by atoms with Crippen LogP contribution in [0.2, 0.25) is 0 Å². The molecule has 6 heteroatoms. The first-order valence-corrected chi connectivity index (χ1v) is 5.47. The first kappa shape index (κ1) is 12.5. The van der Waals surface area contributed by atoms with E-state index in [9.17, 15) is 9.90 Å². The monoisotopic (exact) mass is 250 g/mol. The Morgan fingerprint density at radius 3 is 2.94 bits per heavy atom. The fraction of sp³-hybridized carbons (Fsp3) is 0.333. The van der Waals surface area contributed by atoms with Gasteiger partial charge in [0.2, 0.25) is 0 Å². The van der Waals surface area contributed by atoms with E-state index >= 15 is 0 Å². The molecule has 0 amide bonds. The van der Waals surface area contributed by atoms with E-state index in [2.05, 4.69) is 4.98 Å². The summed E-state index contributed by atoms with van der Waals surface area (Å²) in [4.78, 5) is 15.1. The molecule has 2 rings (SSSR count). The molecule has 0 aliphatic heterocycles. The summed E-state index contributed by atoms with van der Waals surface area (Å²) in [5.74, 6) is -0.989. The van der Waals surface area contributed by atoms with Gasteiger partial charge in [0, 0.05) is 7.11 Å². The molecule has 6 nitrogen and oxygen atoms in total. The molecule has 0 aliphatic rings. The molecule has 18 heavy (non-hydrogen) atoms. The van der Waals surface area contributed by atoms with Crippen molar-refractivity contribution in [3.63, 3.8) is 0 Å². The van der Waals surface area contributed by atoms with E-state index in [4.69, 9.17) is 9.84 Å². The maximum Gasteiger partial charge on any atom is 0.335 e. The van der Waals surface area contributed by atoms with Gasteiger partial charge in [-0.15, -0.1) is 0 Å². The zero-order chi connectivity index (χ0) is 13.1. The lowest BCUT2D eigenvalue weighted by Crippen LogP contribution is -2.17. The number of hydrogen-bond donors (Lipinski definition) is 2. The van der Waals surface area contributed by atoms with Crippen molar-refractivity contribution in [1.29, 1.82) is 0 Å². The number of methoxy groups -OCH3 is 1. The second-order valence-corrected chi connectivity index (χ2v) is 3.95. The lowest BCUT2D eigenvalue weighted by molar-refractivity contribution is 0.0697.